The van der Waals surface area contributed by atoms with Crippen LogP contribution >= 0.6 is 11.6 Å². The molecule has 0 radical (unpaired) electrons. The van der Waals surface area contributed by atoms with E-state index in [1.54, 1.807) is 47.6 Å². The molecule has 2 aliphatic heterocycles. The fourth-order valence-corrected chi connectivity index (χ4v) is 4.30. The standard InChI is InChI=1S/C21H23ClN4O3/c22-15-3-5-16(6-4-15)25-20(28)26-13-18(21(14-26)7-10-29-11-8-21)19(27)24-17-2-1-9-23-12-17/h1-6,9,12,18H,7-8,10-11,13-14H2,(H,24,27)(H,25,28)/t18-/m1/s1. The minimum absolute atomic E-state index is 0.0818. The highest BCUT2D eigenvalue weighted by atomic mass is 35.5. The smallest absolute Gasteiger partial charge is 0.321 e. The molecular weight excluding hydrogens is 392 g/mol. The third-order valence-corrected chi connectivity index (χ3v) is 6.02. The quantitative estimate of drug-likeness (QED) is 0.803. The van der Waals surface area contributed by atoms with Crippen LogP contribution in [0.3, 0.4) is 0 Å². The molecule has 4 rings (SSSR count). The van der Waals surface area contributed by atoms with Gasteiger partial charge in [-0.1, -0.05) is 11.6 Å². The fourth-order valence-electron chi connectivity index (χ4n) is 4.17. The van der Waals surface area contributed by atoms with Crippen LogP contribution in [-0.2, 0) is 9.53 Å². The van der Waals surface area contributed by atoms with E-state index in [0.717, 1.165) is 12.8 Å². The molecule has 0 saturated carbocycles. The predicted molar refractivity (Wildman–Crippen MR) is 111 cm³/mol. The van der Waals surface area contributed by atoms with Crippen molar-refractivity contribution in [2.75, 3.05) is 36.9 Å². The van der Waals surface area contributed by atoms with Crippen molar-refractivity contribution >= 4 is 34.9 Å². The van der Waals surface area contributed by atoms with Gasteiger partial charge in [0, 0.05) is 48.6 Å². The van der Waals surface area contributed by atoms with Gasteiger partial charge in [0.05, 0.1) is 17.8 Å². The summed E-state index contributed by atoms with van der Waals surface area (Å²) in [6.45, 7) is 2.10. The highest BCUT2D eigenvalue weighted by Gasteiger charge is 2.51. The minimum atomic E-state index is -0.303. The van der Waals surface area contributed by atoms with Crippen molar-refractivity contribution in [3.8, 4) is 0 Å². The maximum Gasteiger partial charge on any atom is 0.321 e. The van der Waals surface area contributed by atoms with Crippen molar-refractivity contribution in [3.63, 3.8) is 0 Å². The normalized spacial score (nSPS) is 20.4. The number of ether oxygens (including phenoxy) is 1. The summed E-state index contributed by atoms with van der Waals surface area (Å²) in [6, 6.07) is 10.3. The number of halogens is 1. The first-order valence-corrected chi connectivity index (χ1v) is 10.0. The lowest BCUT2D eigenvalue weighted by atomic mass is 9.71. The molecule has 29 heavy (non-hydrogen) atoms. The van der Waals surface area contributed by atoms with Gasteiger partial charge in [-0.3, -0.25) is 9.78 Å². The number of rotatable bonds is 3. The largest absolute Gasteiger partial charge is 0.381 e. The maximum absolute atomic E-state index is 13.1. The molecule has 2 aromatic rings. The molecule has 7 nitrogen and oxygen atoms in total. The lowest BCUT2D eigenvalue weighted by Gasteiger charge is -2.37. The van der Waals surface area contributed by atoms with Crippen LogP contribution < -0.4 is 10.6 Å². The lowest BCUT2D eigenvalue weighted by molar-refractivity contribution is -0.124. The molecule has 1 atom stereocenters. The number of nitrogens with zero attached hydrogens (tertiary/aromatic N) is 2. The highest BCUT2D eigenvalue weighted by Crippen LogP contribution is 2.45. The van der Waals surface area contributed by atoms with E-state index in [2.05, 4.69) is 15.6 Å². The first-order valence-electron chi connectivity index (χ1n) is 9.66. The van der Waals surface area contributed by atoms with E-state index < -0.39 is 0 Å². The predicted octanol–water partition coefficient (Wildman–Crippen LogP) is 3.63. The maximum atomic E-state index is 13.1. The van der Waals surface area contributed by atoms with E-state index >= 15 is 0 Å². The zero-order valence-corrected chi connectivity index (χ0v) is 16.7. The molecule has 3 heterocycles. The zero-order valence-electron chi connectivity index (χ0n) is 15.9. The number of benzene rings is 1. The Labute approximate surface area is 174 Å². The monoisotopic (exact) mass is 414 g/mol. The molecule has 3 amide bonds. The van der Waals surface area contributed by atoms with E-state index in [0.29, 0.717) is 42.7 Å². The van der Waals surface area contributed by atoms with E-state index in [-0.39, 0.29) is 23.3 Å². The number of amides is 3. The molecule has 1 aromatic carbocycles. The summed E-state index contributed by atoms with van der Waals surface area (Å²) in [7, 11) is 0. The summed E-state index contributed by atoms with van der Waals surface area (Å²) in [5.41, 5.74) is 1.05. The van der Waals surface area contributed by atoms with Crippen molar-refractivity contribution in [2.45, 2.75) is 12.8 Å². The molecule has 1 spiro atoms. The molecule has 0 bridgehead atoms. The molecule has 1 aromatic heterocycles. The zero-order chi connectivity index (χ0) is 20.3. The molecule has 0 unspecified atom stereocenters. The van der Waals surface area contributed by atoms with Gasteiger partial charge in [-0.2, -0.15) is 0 Å². The summed E-state index contributed by atoms with van der Waals surface area (Å²) in [6.07, 6.45) is 4.79. The number of urea groups is 1. The first-order chi connectivity index (χ1) is 14.1. The Balaban J connectivity index is 1.50. The Morgan fingerprint density at radius 2 is 1.86 bits per heavy atom. The van der Waals surface area contributed by atoms with Crippen molar-refractivity contribution in [1.82, 2.24) is 9.88 Å². The van der Waals surface area contributed by atoms with Crippen LogP contribution in [0.25, 0.3) is 0 Å². The number of aromatic nitrogens is 1. The average Bonchev–Trinajstić information content (AvgIpc) is 3.10. The van der Waals surface area contributed by atoms with Gasteiger partial charge in [0.25, 0.3) is 0 Å². The van der Waals surface area contributed by atoms with Crippen LogP contribution in [0, 0.1) is 11.3 Å². The highest BCUT2D eigenvalue weighted by molar-refractivity contribution is 6.30. The Kier molecular flexibility index (Phi) is 5.69. The molecular formula is C21H23ClN4O3. The second kappa shape index (κ2) is 8.39. The Morgan fingerprint density at radius 3 is 2.55 bits per heavy atom. The molecule has 2 aliphatic rings. The van der Waals surface area contributed by atoms with Crippen molar-refractivity contribution in [1.29, 1.82) is 0 Å². The average molecular weight is 415 g/mol. The third-order valence-electron chi connectivity index (χ3n) is 5.76. The Hall–Kier alpha value is -2.64. The first kappa shape index (κ1) is 19.7. The van der Waals surface area contributed by atoms with Gasteiger partial charge < -0.3 is 20.3 Å². The van der Waals surface area contributed by atoms with Gasteiger partial charge in [-0.25, -0.2) is 4.79 Å². The molecule has 2 saturated heterocycles. The van der Waals surface area contributed by atoms with Crippen molar-refractivity contribution in [3.05, 3.63) is 53.8 Å². The summed E-state index contributed by atoms with van der Waals surface area (Å²) in [5.74, 6) is -0.385. The molecule has 2 fully saturated rings. The number of hydrogen-bond donors (Lipinski definition) is 2. The van der Waals surface area contributed by atoms with Gasteiger partial charge in [-0.15, -0.1) is 0 Å². The van der Waals surface area contributed by atoms with Gasteiger partial charge in [0.1, 0.15) is 0 Å². The summed E-state index contributed by atoms with van der Waals surface area (Å²) in [5, 5.41) is 6.46. The fraction of sp³-hybridized carbons (Fsp3) is 0.381. The number of anilines is 2. The molecule has 0 aliphatic carbocycles. The van der Waals surface area contributed by atoms with Gasteiger partial charge >= 0.3 is 6.03 Å². The summed E-state index contributed by atoms with van der Waals surface area (Å²) < 4.78 is 5.53. The van der Waals surface area contributed by atoms with Crippen LogP contribution in [0.15, 0.2) is 48.8 Å². The van der Waals surface area contributed by atoms with Crippen LogP contribution in [0.4, 0.5) is 16.2 Å². The van der Waals surface area contributed by atoms with Gasteiger partial charge in [0.2, 0.25) is 5.91 Å². The summed E-state index contributed by atoms with van der Waals surface area (Å²) in [4.78, 5) is 31.7. The lowest BCUT2D eigenvalue weighted by Crippen LogP contribution is -2.42. The van der Waals surface area contributed by atoms with E-state index in [4.69, 9.17) is 16.3 Å². The van der Waals surface area contributed by atoms with E-state index in [1.165, 1.54) is 0 Å². The number of carbonyl (C=O) groups is 2. The van der Waals surface area contributed by atoms with Crippen molar-refractivity contribution < 1.29 is 14.3 Å². The summed E-state index contributed by atoms with van der Waals surface area (Å²) >= 11 is 5.91. The molecule has 8 heteroatoms. The molecule has 2 N–H and O–H groups in total. The van der Waals surface area contributed by atoms with Crippen LogP contribution in [0.1, 0.15) is 12.8 Å². The van der Waals surface area contributed by atoms with Gasteiger partial charge in [-0.05, 0) is 49.2 Å². The second-order valence-corrected chi connectivity index (χ2v) is 8.01. The minimum Gasteiger partial charge on any atom is -0.381 e. The van der Waals surface area contributed by atoms with Gasteiger partial charge in [0.15, 0.2) is 0 Å². The second-order valence-electron chi connectivity index (χ2n) is 7.58. The van der Waals surface area contributed by atoms with E-state index in [1.807, 2.05) is 6.07 Å². The van der Waals surface area contributed by atoms with Crippen molar-refractivity contribution in [2.24, 2.45) is 11.3 Å². The van der Waals surface area contributed by atoms with Crippen LogP contribution in [0.5, 0.6) is 0 Å². The number of likely N-dealkylation sites (tertiary alicyclic amines) is 1. The Morgan fingerprint density at radius 1 is 1.10 bits per heavy atom. The number of carbonyl (C=O) groups excluding carboxylic acids is 2. The molecule has 152 valence electrons. The number of pyridine rings is 1. The number of nitrogens with one attached hydrogen (secondary N) is 2. The topological polar surface area (TPSA) is 83.6 Å². The Bertz CT molecular complexity index is 869. The number of hydrogen-bond acceptors (Lipinski definition) is 4. The van der Waals surface area contributed by atoms with Crippen LogP contribution in [0.2, 0.25) is 5.02 Å². The third kappa shape index (κ3) is 4.36. The van der Waals surface area contributed by atoms with Crippen LogP contribution in [-0.4, -0.2) is 48.1 Å². The van der Waals surface area contributed by atoms with E-state index in [9.17, 15) is 9.59 Å². The SMILES string of the molecule is O=C(Nc1cccnc1)[C@H]1CN(C(=O)Nc2ccc(Cl)cc2)CC12CCOCC2.